The summed E-state index contributed by atoms with van der Waals surface area (Å²) in [5.41, 5.74) is -0.530. The fourth-order valence-electron chi connectivity index (χ4n) is 2.01. The Hall–Kier alpha value is 0.500. The van der Waals surface area contributed by atoms with Gasteiger partial charge in [0.05, 0.1) is 6.61 Å². The smallest absolute Gasteiger partial charge is 0.123 e. The minimum absolute atomic E-state index is 0.309. The molecule has 0 amide bonds. The molecule has 0 aromatic heterocycles. The summed E-state index contributed by atoms with van der Waals surface area (Å²) in [5.74, 6) is 0. The molecule has 1 heterocycles. The third-order valence-corrected chi connectivity index (χ3v) is 9.45. The van der Waals surface area contributed by atoms with Crippen molar-refractivity contribution < 1.29 is 25.2 Å². The van der Waals surface area contributed by atoms with Gasteiger partial charge >= 0.3 is 0 Å². The van der Waals surface area contributed by atoms with Gasteiger partial charge in [0.25, 0.3) is 0 Å². The van der Waals surface area contributed by atoms with E-state index in [9.17, 15) is 20.4 Å². The summed E-state index contributed by atoms with van der Waals surface area (Å²) in [4.78, 5) is 0. The Morgan fingerprint density at radius 1 is 1.05 bits per heavy atom. The highest BCUT2D eigenvalue weighted by atomic mass is 33.1. The third-order valence-electron chi connectivity index (χ3n) is 2.96. The lowest BCUT2D eigenvalue weighted by atomic mass is 10.0. The molecule has 1 aliphatic heterocycles. The Kier molecular flexibility index (Phi) is 6.92. The van der Waals surface area contributed by atoms with Crippen LogP contribution in [0.3, 0.4) is 0 Å². The molecule has 19 heavy (non-hydrogen) atoms. The first-order valence-corrected chi connectivity index (χ1v) is 9.51. The van der Waals surface area contributed by atoms with Gasteiger partial charge in [-0.25, -0.2) is 0 Å². The maximum absolute atomic E-state index is 10.1. The molecule has 116 valence electrons. The van der Waals surface area contributed by atoms with Crippen LogP contribution in [0.1, 0.15) is 27.7 Å². The van der Waals surface area contributed by atoms with Gasteiger partial charge in [-0.2, -0.15) is 9.93 Å². The minimum Gasteiger partial charge on any atom is -0.394 e. The van der Waals surface area contributed by atoms with E-state index in [1.54, 1.807) is 10.8 Å². The number of rotatable bonds is 5. The lowest BCUT2D eigenvalue weighted by Gasteiger charge is -2.46. The number of hydrogen-bond donors (Lipinski definition) is 5. The minimum atomic E-state index is -1.27. The van der Waals surface area contributed by atoms with E-state index in [1.165, 1.54) is 0 Å². The van der Waals surface area contributed by atoms with Gasteiger partial charge in [-0.15, -0.1) is 10.8 Å². The molecule has 1 aliphatic rings. The van der Waals surface area contributed by atoms with E-state index in [0.717, 1.165) is 0 Å². The second-order valence-electron chi connectivity index (χ2n) is 5.33. The van der Waals surface area contributed by atoms with Crippen LogP contribution < -0.4 is 0 Å². The van der Waals surface area contributed by atoms with Crippen molar-refractivity contribution in [2.45, 2.75) is 68.0 Å². The fourth-order valence-corrected chi connectivity index (χ4v) is 7.28. The van der Waals surface area contributed by atoms with Crippen molar-refractivity contribution >= 4 is 20.7 Å². The zero-order valence-electron chi connectivity index (χ0n) is 11.8. The first-order valence-electron chi connectivity index (χ1n) is 6.55. The van der Waals surface area contributed by atoms with Crippen LogP contribution in [0, 0.1) is 0 Å². The van der Waals surface area contributed by atoms with Crippen LogP contribution in [-0.2, 0) is 4.74 Å². The van der Waals surface area contributed by atoms with Crippen molar-refractivity contribution in [1.29, 1.82) is 0 Å². The summed E-state index contributed by atoms with van der Waals surface area (Å²) in [6.07, 6.45) is -4.46. The van der Waals surface area contributed by atoms with E-state index in [0.29, 0.717) is 10.5 Å². The summed E-state index contributed by atoms with van der Waals surface area (Å²) in [6, 6.07) is 0. The van der Waals surface area contributed by atoms with Crippen molar-refractivity contribution in [2.75, 3.05) is 6.61 Å². The predicted octanol–water partition coefficient (Wildman–Crippen LogP) is 0.252. The Balaban J connectivity index is 2.88. The largest absolute Gasteiger partial charge is 0.394 e. The summed E-state index contributed by atoms with van der Waals surface area (Å²) >= 11 is 0. The number of hydrogen-bond acceptors (Lipinski definition) is 6. The molecule has 1 saturated heterocycles. The lowest BCUT2D eigenvalue weighted by Crippen LogP contribution is -2.58. The molecule has 2 unspecified atom stereocenters. The number of aliphatic hydroxyl groups excluding tert-OH is 4. The van der Waals surface area contributed by atoms with Crippen LogP contribution in [0.4, 0.5) is 0 Å². The first-order chi connectivity index (χ1) is 8.79. The molecule has 6 atom stereocenters. The molecule has 0 aromatic carbocycles. The van der Waals surface area contributed by atoms with E-state index in [1.807, 2.05) is 0 Å². The van der Waals surface area contributed by atoms with Gasteiger partial charge in [0.15, 0.2) is 0 Å². The molecule has 0 saturated carbocycles. The second-order valence-corrected chi connectivity index (χ2v) is 10.6. The lowest BCUT2D eigenvalue weighted by molar-refractivity contribution is -0.205. The Morgan fingerprint density at radius 2 is 1.63 bits per heavy atom. The Labute approximate surface area is 121 Å². The van der Waals surface area contributed by atoms with Crippen LogP contribution >= 0.6 is 20.7 Å². The summed E-state index contributed by atoms with van der Waals surface area (Å²) in [6.45, 7) is 7.90. The molecule has 7 heteroatoms. The third kappa shape index (κ3) is 4.23. The van der Waals surface area contributed by atoms with E-state index in [-0.39, 0.29) is 6.61 Å². The number of thiol groups is 1. The molecule has 1 rings (SSSR count). The van der Waals surface area contributed by atoms with Crippen molar-refractivity contribution in [2.24, 2.45) is 0 Å². The quantitative estimate of drug-likeness (QED) is 0.369. The van der Waals surface area contributed by atoms with Gasteiger partial charge in [0.1, 0.15) is 29.9 Å². The molecule has 0 aromatic rings. The van der Waals surface area contributed by atoms with E-state index >= 15 is 0 Å². The highest BCUT2D eigenvalue weighted by Crippen LogP contribution is 2.54. The zero-order valence-corrected chi connectivity index (χ0v) is 13.5. The number of aliphatic hydroxyl groups is 4. The average Bonchev–Trinajstić information content (AvgIpc) is 2.34. The maximum atomic E-state index is 10.1. The summed E-state index contributed by atoms with van der Waals surface area (Å²) < 4.78 is 5.65. The van der Waals surface area contributed by atoms with E-state index in [2.05, 4.69) is 27.7 Å². The molecular weight excluding hydrogens is 288 g/mol. The van der Waals surface area contributed by atoms with Crippen molar-refractivity contribution in [3.63, 3.8) is 0 Å². The highest BCUT2D eigenvalue weighted by Gasteiger charge is 2.46. The second kappa shape index (κ2) is 7.49. The average molecular weight is 314 g/mol. The summed E-state index contributed by atoms with van der Waals surface area (Å²) in [5, 5.41) is 39.7. The predicted molar refractivity (Wildman–Crippen MR) is 80.6 cm³/mol. The molecule has 5 nitrogen and oxygen atoms in total. The molecule has 0 spiro atoms. The molecule has 0 aliphatic carbocycles. The van der Waals surface area contributed by atoms with Crippen LogP contribution in [0.2, 0.25) is 0 Å². The molecule has 0 bridgehead atoms. The van der Waals surface area contributed by atoms with Gasteiger partial charge in [-0.3, -0.25) is 0 Å². The fraction of sp³-hybridized carbons (Fsp3) is 1.00. The van der Waals surface area contributed by atoms with Gasteiger partial charge in [0.2, 0.25) is 0 Å². The van der Waals surface area contributed by atoms with Crippen LogP contribution in [0.25, 0.3) is 0 Å². The normalized spacial score (nSPS) is 38.8. The molecule has 0 radical (unpaired) electrons. The van der Waals surface area contributed by atoms with Crippen molar-refractivity contribution in [3.05, 3.63) is 0 Å². The SMILES string of the molecule is CC(C)S[SH](C(C)C)C1O[C@H](CO)[C@H](O)[C@H](O)[C@H]1O. The topological polar surface area (TPSA) is 90.2 Å². The molecule has 4 N–H and O–H groups in total. The van der Waals surface area contributed by atoms with Crippen LogP contribution in [0.5, 0.6) is 0 Å². The maximum Gasteiger partial charge on any atom is 0.123 e. The van der Waals surface area contributed by atoms with Gasteiger partial charge in [0, 0.05) is 5.25 Å². The zero-order chi connectivity index (χ0) is 14.7. The first kappa shape index (κ1) is 17.6. The van der Waals surface area contributed by atoms with Gasteiger partial charge in [-0.1, -0.05) is 27.7 Å². The Morgan fingerprint density at radius 3 is 2.05 bits per heavy atom. The van der Waals surface area contributed by atoms with Crippen LogP contribution in [-0.4, -0.2) is 67.4 Å². The Bertz CT molecular complexity index is 275. The molecule has 1 fully saturated rings. The van der Waals surface area contributed by atoms with E-state index in [4.69, 9.17) is 4.74 Å². The number of ether oxygens (including phenoxy) is 1. The van der Waals surface area contributed by atoms with E-state index < -0.39 is 39.8 Å². The van der Waals surface area contributed by atoms with Gasteiger partial charge < -0.3 is 25.2 Å². The highest BCUT2D eigenvalue weighted by molar-refractivity contribution is 8.85. The monoisotopic (exact) mass is 314 g/mol. The van der Waals surface area contributed by atoms with Crippen molar-refractivity contribution in [1.82, 2.24) is 0 Å². The van der Waals surface area contributed by atoms with Crippen molar-refractivity contribution in [3.8, 4) is 0 Å². The summed E-state index contributed by atoms with van der Waals surface area (Å²) in [7, 11) is 1.01. The standard InChI is InChI=1S/C12H26O5S2/c1-6(2)18-19(7(3)4)12-11(16)10(15)9(14)8(5-13)17-12/h6-16,19H,5H2,1-4H3/t8-,9+,10+,11-,12?/m1/s1. The van der Waals surface area contributed by atoms with Crippen LogP contribution in [0.15, 0.2) is 0 Å². The van der Waals surface area contributed by atoms with Gasteiger partial charge in [-0.05, 0) is 5.25 Å². The molecular formula is C12H26O5S2.